The van der Waals surface area contributed by atoms with Crippen molar-refractivity contribution in [2.75, 3.05) is 0 Å². The summed E-state index contributed by atoms with van der Waals surface area (Å²) in [6, 6.07) is 14.3. The Morgan fingerprint density at radius 3 is 1.95 bits per heavy atom. The minimum atomic E-state index is -0.295. The van der Waals surface area contributed by atoms with Crippen LogP contribution in [0.5, 0.6) is 0 Å². The lowest BCUT2D eigenvalue weighted by Crippen LogP contribution is -2.32. The zero-order valence-corrected chi connectivity index (χ0v) is 11.7. The zero-order valence-electron chi connectivity index (χ0n) is 11.7. The SMILES string of the molecule is C=Cc1ccc(C(C)N2C(=O)c3ccccc3C2=O)cc1. The van der Waals surface area contributed by atoms with Crippen LogP contribution in [0.2, 0.25) is 0 Å². The predicted octanol–water partition coefficient (Wildman–Crippen LogP) is 3.69. The van der Waals surface area contributed by atoms with E-state index in [1.165, 1.54) is 4.90 Å². The highest BCUT2D eigenvalue weighted by Crippen LogP contribution is 2.31. The van der Waals surface area contributed by atoms with Gasteiger partial charge in [0.15, 0.2) is 0 Å². The number of nitrogens with zero attached hydrogens (tertiary/aromatic N) is 1. The van der Waals surface area contributed by atoms with Gasteiger partial charge in [-0.05, 0) is 30.2 Å². The van der Waals surface area contributed by atoms with Crippen LogP contribution >= 0.6 is 0 Å². The molecule has 0 N–H and O–H groups in total. The van der Waals surface area contributed by atoms with Crippen molar-refractivity contribution < 1.29 is 9.59 Å². The van der Waals surface area contributed by atoms with Gasteiger partial charge >= 0.3 is 0 Å². The van der Waals surface area contributed by atoms with Gasteiger partial charge in [-0.1, -0.05) is 49.1 Å². The van der Waals surface area contributed by atoms with Crippen molar-refractivity contribution >= 4 is 17.9 Å². The van der Waals surface area contributed by atoms with E-state index in [-0.39, 0.29) is 17.9 Å². The number of carbonyl (C=O) groups is 2. The van der Waals surface area contributed by atoms with E-state index in [1.54, 1.807) is 30.3 Å². The highest BCUT2D eigenvalue weighted by molar-refractivity contribution is 6.21. The smallest absolute Gasteiger partial charge is 0.262 e. The van der Waals surface area contributed by atoms with E-state index < -0.39 is 0 Å². The normalized spacial score (nSPS) is 15.0. The molecule has 0 radical (unpaired) electrons. The van der Waals surface area contributed by atoms with Crippen LogP contribution in [-0.4, -0.2) is 16.7 Å². The second-order valence-electron chi connectivity index (χ2n) is 5.07. The summed E-state index contributed by atoms with van der Waals surface area (Å²) in [7, 11) is 0. The van der Waals surface area contributed by atoms with Gasteiger partial charge in [0.05, 0.1) is 17.2 Å². The molecule has 3 heteroatoms. The van der Waals surface area contributed by atoms with Gasteiger partial charge in [0, 0.05) is 0 Å². The number of carbonyl (C=O) groups excluding carboxylic acids is 2. The Morgan fingerprint density at radius 1 is 0.952 bits per heavy atom. The molecule has 3 rings (SSSR count). The van der Waals surface area contributed by atoms with Gasteiger partial charge in [0.1, 0.15) is 0 Å². The molecule has 0 bridgehead atoms. The first-order valence-corrected chi connectivity index (χ1v) is 6.83. The molecule has 2 aromatic rings. The third kappa shape index (κ3) is 2.07. The topological polar surface area (TPSA) is 37.4 Å². The Bertz CT molecular complexity index is 696. The zero-order chi connectivity index (χ0) is 15.0. The van der Waals surface area contributed by atoms with Crippen molar-refractivity contribution in [1.29, 1.82) is 0 Å². The number of fused-ring (bicyclic) bond motifs is 1. The molecule has 2 aromatic carbocycles. The minimum Gasteiger partial charge on any atom is -0.269 e. The lowest BCUT2D eigenvalue weighted by atomic mass is 10.0. The summed E-state index contributed by atoms with van der Waals surface area (Å²) in [5, 5.41) is 0. The summed E-state index contributed by atoms with van der Waals surface area (Å²) in [6.45, 7) is 5.58. The van der Waals surface area contributed by atoms with Gasteiger partial charge in [-0.2, -0.15) is 0 Å². The fraction of sp³-hybridized carbons (Fsp3) is 0.111. The van der Waals surface area contributed by atoms with Crippen LogP contribution in [0.15, 0.2) is 55.1 Å². The van der Waals surface area contributed by atoms with E-state index in [0.717, 1.165) is 11.1 Å². The molecule has 1 unspecified atom stereocenters. The van der Waals surface area contributed by atoms with Gasteiger partial charge < -0.3 is 0 Å². The van der Waals surface area contributed by atoms with Crippen molar-refractivity contribution in [3.8, 4) is 0 Å². The molecule has 21 heavy (non-hydrogen) atoms. The number of hydrogen-bond acceptors (Lipinski definition) is 2. The molecule has 0 aromatic heterocycles. The fourth-order valence-electron chi connectivity index (χ4n) is 2.62. The van der Waals surface area contributed by atoms with E-state index in [2.05, 4.69) is 6.58 Å². The maximum absolute atomic E-state index is 12.4. The Labute approximate surface area is 123 Å². The Kier molecular flexibility index (Phi) is 3.18. The lowest BCUT2D eigenvalue weighted by molar-refractivity contribution is 0.0595. The summed E-state index contributed by atoms with van der Waals surface area (Å²) >= 11 is 0. The number of benzene rings is 2. The van der Waals surface area contributed by atoms with Crippen LogP contribution in [0.4, 0.5) is 0 Å². The fourth-order valence-corrected chi connectivity index (χ4v) is 2.62. The highest BCUT2D eigenvalue weighted by Gasteiger charge is 2.38. The van der Waals surface area contributed by atoms with Gasteiger partial charge in [-0.25, -0.2) is 0 Å². The summed E-state index contributed by atoms with van der Waals surface area (Å²) in [6.07, 6.45) is 1.76. The third-order valence-corrected chi connectivity index (χ3v) is 3.87. The molecule has 104 valence electrons. The van der Waals surface area contributed by atoms with Gasteiger partial charge in [0.2, 0.25) is 0 Å². The van der Waals surface area contributed by atoms with Crippen molar-refractivity contribution in [2.45, 2.75) is 13.0 Å². The molecule has 2 amide bonds. The predicted molar refractivity (Wildman–Crippen MR) is 81.9 cm³/mol. The average molecular weight is 277 g/mol. The molecule has 1 aliphatic rings. The summed E-state index contributed by atoms with van der Waals surface area (Å²) in [4.78, 5) is 26.2. The molecular weight excluding hydrogens is 262 g/mol. The van der Waals surface area contributed by atoms with Crippen LogP contribution < -0.4 is 0 Å². The number of imide groups is 1. The number of hydrogen-bond donors (Lipinski definition) is 0. The molecular formula is C18H15NO2. The first-order chi connectivity index (χ1) is 10.1. The number of rotatable bonds is 3. The molecule has 0 aliphatic carbocycles. The Morgan fingerprint density at radius 2 is 1.48 bits per heavy atom. The molecule has 3 nitrogen and oxygen atoms in total. The first kappa shape index (κ1) is 13.3. The number of amides is 2. The summed E-state index contributed by atoms with van der Waals surface area (Å²) in [5.41, 5.74) is 2.90. The van der Waals surface area contributed by atoms with Gasteiger partial charge in [-0.15, -0.1) is 0 Å². The van der Waals surface area contributed by atoms with Gasteiger partial charge in [0.25, 0.3) is 11.8 Å². The molecule has 0 spiro atoms. The van der Waals surface area contributed by atoms with Crippen LogP contribution in [0.3, 0.4) is 0 Å². The minimum absolute atomic E-state index is 0.226. The van der Waals surface area contributed by atoms with Crippen LogP contribution in [0.1, 0.15) is 44.8 Å². The van der Waals surface area contributed by atoms with Crippen molar-refractivity contribution in [1.82, 2.24) is 4.90 Å². The standard InChI is InChI=1S/C18H15NO2/c1-3-13-8-10-14(11-9-13)12(2)19-17(20)15-6-4-5-7-16(15)18(19)21/h3-12H,1H2,2H3. The Hall–Kier alpha value is -2.68. The van der Waals surface area contributed by atoms with E-state index >= 15 is 0 Å². The molecule has 0 saturated heterocycles. The lowest BCUT2D eigenvalue weighted by Gasteiger charge is -2.23. The van der Waals surface area contributed by atoms with Crippen molar-refractivity contribution in [2.24, 2.45) is 0 Å². The van der Waals surface area contributed by atoms with E-state index in [4.69, 9.17) is 0 Å². The first-order valence-electron chi connectivity index (χ1n) is 6.83. The highest BCUT2D eigenvalue weighted by atomic mass is 16.2. The van der Waals surface area contributed by atoms with Gasteiger partial charge in [-0.3, -0.25) is 14.5 Å². The van der Waals surface area contributed by atoms with Crippen LogP contribution in [0, 0.1) is 0 Å². The van der Waals surface area contributed by atoms with Crippen molar-refractivity contribution in [3.63, 3.8) is 0 Å². The molecule has 1 heterocycles. The third-order valence-electron chi connectivity index (χ3n) is 3.87. The van der Waals surface area contributed by atoms with Crippen molar-refractivity contribution in [3.05, 3.63) is 77.4 Å². The van der Waals surface area contributed by atoms with E-state index in [1.807, 2.05) is 31.2 Å². The summed E-state index contributed by atoms with van der Waals surface area (Å²) < 4.78 is 0. The maximum atomic E-state index is 12.4. The Balaban J connectivity index is 1.95. The van der Waals surface area contributed by atoms with E-state index in [0.29, 0.717) is 11.1 Å². The second-order valence-corrected chi connectivity index (χ2v) is 5.07. The van der Waals surface area contributed by atoms with Crippen LogP contribution in [-0.2, 0) is 0 Å². The summed E-state index contributed by atoms with van der Waals surface area (Å²) in [5.74, 6) is -0.452. The maximum Gasteiger partial charge on any atom is 0.262 e. The molecule has 0 saturated carbocycles. The molecule has 1 atom stereocenters. The van der Waals surface area contributed by atoms with E-state index in [9.17, 15) is 9.59 Å². The largest absolute Gasteiger partial charge is 0.269 e. The van der Waals surface area contributed by atoms with Crippen LogP contribution in [0.25, 0.3) is 6.08 Å². The average Bonchev–Trinajstić information content (AvgIpc) is 2.79. The molecule has 0 fully saturated rings. The second kappa shape index (κ2) is 5.02. The molecule has 1 aliphatic heterocycles. The quantitative estimate of drug-likeness (QED) is 0.802. The monoisotopic (exact) mass is 277 g/mol.